The zero-order chi connectivity index (χ0) is 8.97. The SMILES string of the molecule is CNC(=O)CN1CCNCC1=O. The van der Waals surface area contributed by atoms with Gasteiger partial charge in [-0.15, -0.1) is 0 Å². The Bertz CT molecular complexity index is 193. The van der Waals surface area contributed by atoms with Gasteiger partial charge in [0.1, 0.15) is 0 Å². The number of amides is 2. The van der Waals surface area contributed by atoms with Gasteiger partial charge in [0, 0.05) is 20.1 Å². The van der Waals surface area contributed by atoms with Crippen molar-refractivity contribution in [2.24, 2.45) is 0 Å². The van der Waals surface area contributed by atoms with Crippen molar-refractivity contribution in [2.45, 2.75) is 0 Å². The number of carbonyl (C=O) groups is 2. The number of nitrogens with one attached hydrogen (secondary N) is 2. The summed E-state index contributed by atoms with van der Waals surface area (Å²) in [5.74, 6) is -0.130. The summed E-state index contributed by atoms with van der Waals surface area (Å²) in [6, 6.07) is 0. The second kappa shape index (κ2) is 4.06. The van der Waals surface area contributed by atoms with Crippen molar-refractivity contribution in [3.8, 4) is 0 Å². The summed E-state index contributed by atoms with van der Waals surface area (Å²) in [4.78, 5) is 23.6. The number of likely N-dealkylation sites (N-methyl/N-ethyl adjacent to an activating group) is 1. The Kier molecular flexibility index (Phi) is 3.04. The molecule has 0 spiro atoms. The summed E-state index contributed by atoms with van der Waals surface area (Å²) >= 11 is 0. The molecule has 1 fully saturated rings. The fraction of sp³-hybridized carbons (Fsp3) is 0.714. The molecular formula is C7H13N3O2. The van der Waals surface area contributed by atoms with Crippen LogP contribution in [0.15, 0.2) is 0 Å². The zero-order valence-electron chi connectivity index (χ0n) is 7.09. The number of rotatable bonds is 2. The summed E-state index contributed by atoms with van der Waals surface area (Å²) in [5, 5.41) is 5.41. The van der Waals surface area contributed by atoms with Crippen LogP contribution < -0.4 is 10.6 Å². The molecule has 2 N–H and O–H groups in total. The molecule has 1 aliphatic heterocycles. The average molecular weight is 171 g/mol. The van der Waals surface area contributed by atoms with Gasteiger partial charge in [0.2, 0.25) is 11.8 Å². The maximum atomic E-state index is 11.1. The van der Waals surface area contributed by atoms with Crippen LogP contribution in [-0.2, 0) is 9.59 Å². The molecular weight excluding hydrogens is 158 g/mol. The normalized spacial score (nSPS) is 17.8. The number of carbonyl (C=O) groups excluding carboxylic acids is 2. The smallest absolute Gasteiger partial charge is 0.239 e. The summed E-state index contributed by atoms with van der Waals surface area (Å²) in [5.41, 5.74) is 0. The predicted molar refractivity (Wildman–Crippen MR) is 43.5 cm³/mol. The fourth-order valence-electron chi connectivity index (χ4n) is 1.07. The molecule has 0 saturated carbocycles. The van der Waals surface area contributed by atoms with Gasteiger partial charge >= 0.3 is 0 Å². The monoisotopic (exact) mass is 171 g/mol. The molecule has 0 aromatic rings. The molecule has 0 bridgehead atoms. The summed E-state index contributed by atoms with van der Waals surface area (Å²) in [6.07, 6.45) is 0. The topological polar surface area (TPSA) is 61.4 Å². The predicted octanol–water partition coefficient (Wildman–Crippen LogP) is -1.84. The standard InChI is InChI=1S/C7H13N3O2/c1-8-6(11)5-10-3-2-9-4-7(10)12/h9H,2-5H2,1H3,(H,8,11). The molecule has 2 amide bonds. The van der Waals surface area contributed by atoms with Crippen LogP contribution in [0.3, 0.4) is 0 Å². The van der Waals surface area contributed by atoms with Gasteiger partial charge in [-0.2, -0.15) is 0 Å². The molecule has 5 nitrogen and oxygen atoms in total. The van der Waals surface area contributed by atoms with E-state index in [1.807, 2.05) is 0 Å². The quantitative estimate of drug-likeness (QED) is 0.513. The highest BCUT2D eigenvalue weighted by Crippen LogP contribution is 1.92. The Balaban J connectivity index is 2.39. The minimum absolute atomic E-state index is 0.00940. The molecule has 1 heterocycles. The van der Waals surface area contributed by atoms with Gasteiger partial charge in [-0.3, -0.25) is 9.59 Å². The number of hydrogen-bond acceptors (Lipinski definition) is 3. The van der Waals surface area contributed by atoms with Gasteiger partial charge in [0.15, 0.2) is 0 Å². The highest BCUT2D eigenvalue weighted by atomic mass is 16.2. The lowest BCUT2D eigenvalue weighted by Gasteiger charge is -2.26. The first-order valence-electron chi connectivity index (χ1n) is 3.93. The molecule has 1 saturated heterocycles. The van der Waals surface area contributed by atoms with E-state index in [9.17, 15) is 9.59 Å². The molecule has 68 valence electrons. The molecule has 1 rings (SSSR count). The van der Waals surface area contributed by atoms with E-state index in [-0.39, 0.29) is 18.4 Å². The number of hydrogen-bond donors (Lipinski definition) is 2. The molecule has 0 aromatic carbocycles. The maximum Gasteiger partial charge on any atom is 0.239 e. The number of piperazine rings is 1. The molecule has 0 atom stereocenters. The highest BCUT2D eigenvalue weighted by Gasteiger charge is 2.18. The van der Waals surface area contributed by atoms with E-state index >= 15 is 0 Å². The van der Waals surface area contributed by atoms with Crippen molar-refractivity contribution in [3.63, 3.8) is 0 Å². The molecule has 12 heavy (non-hydrogen) atoms. The Morgan fingerprint density at radius 3 is 3.08 bits per heavy atom. The third-order valence-electron chi connectivity index (χ3n) is 1.80. The second-order valence-electron chi connectivity index (χ2n) is 2.67. The van der Waals surface area contributed by atoms with Crippen LogP contribution in [-0.4, -0.2) is 49.9 Å². The van der Waals surface area contributed by atoms with Gasteiger partial charge in [-0.1, -0.05) is 0 Å². The van der Waals surface area contributed by atoms with Crippen LogP contribution in [0.2, 0.25) is 0 Å². The van der Waals surface area contributed by atoms with Crippen LogP contribution in [0.1, 0.15) is 0 Å². The molecule has 0 aromatic heterocycles. The van der Waals surface area contributed by atoms with Crippen molar-refractivity contribution >= 4 is 11.8 Å². The zero-order valence-corrected chi connectivity index (χ0v) is 7.09. The molecule has 5 heteroatoms. The van der Waals surface area contributed by atoms with Gasteiger partial charge in [-0.25, -0.2) is 0 Å². The largest absolute Gasteiger partial charge is 0.358 e. The van der Waals surface area contributed by atoms with E-state index in [2.05, 4.69) is 10.6 Å². The Morgan fingerprint density at radius 2 is 2.50 bits per heavy atom. The van der Waals surface area contributed by atoms with E-state index in [4.69, 9.17) is 0 Å². The second-order valence-corrected chi connectivity index (χ2v) is 2.67. The van der Waals surface area contributed by atoms with Crippen molar-refractivity contribution in [1.82, 2.24) is 15.5 Å². The van der Waals surface area contributed by atoms with Gasteiger partial charge in [0.25, 0.3) is 0 Å². The Morgan fingerprint density at radius 1 is 1.75 bits per heavy atom. The minimum atomic E-state index is -0.120. The van der Waals surface area contributed by atoms with Crippen molar-refractivity contribution < 1.29 is 9.59 Å². The van der Waals surface area contributed by atoms with E-state index in [1.54, 1.807) is 11.9 Å². The van der Waals surface area contributed by atoms with Crippen LogP contribution in [0, 0.1) is 0 Å². The third kappa shape index (κ3) is 2.20. The van der Waals surface area contributed by atoms with Crippen LogP contribution in [0.4, 0.5) is 0 Å². The average Bonchev–Trinajstić information content (AvgIpc) is 2.09. The molecule has 0 radical (unpaired) electrons. The first kappa shape index (κ1) is 8.99. The summed E-state index contributed by atoms with van der Waals surface area (Å²) < 4.78 is 0. The Hall–Kier alpha value is -1.10. The lowest BCUT2D eigenvalue weighted by molar-refractivity contribution is -0.136. The third-order valence-corrected chi connectivity index (χ3v) is 1.80. The summed E-state index contributed by atoms with van der Waals surface area (Å²) in [7, 11) is 1.56. The van der Waals surface area contributed by atoms with Crippen molar-refractivity contribution in [2.75, 3.05) is 33.2 Å². The molecule has 0 unspecified atom stereocenters. The molecule has 0 aliphatic carbocycles. The van der Waals surface area contributed by atoms with E-state index in [0.29, 0.717) is 13.1 Å². The highest BCUT2D eigenvalue weighted by molar-refractivity contribution is 5.85. The maximum absolute atomic E-state index is 11.1. The first-order valence-corrected chi connectivity index (χ1v) is 3.93. The van der Waals surface area contributed by atoms with Crippen LogP contribution >= 0.6 is 0 Å². The van der Waals surface area contributed by atoms with Gasteiger partial charge < -0.3 is 15.5 Å². The van der Waals surface area contributed by atoms with Crippen molar-refractivity contribution in [3.05, 3.63) is 0 Å². The van der Waals surface area contributed by atoms with Gasteiger partial charge in [-0.05, 0) is 0 Å². The van der Waals surface area contributed by atoms with E-state index in [1.165, 1.54) is 0 Å². The Labute approximate surface area is 71.1 Å². The van der Waals surface area contributed by atoms with Crippen molar-refractivity contribution in [1.29, 1.82) is 0 Å². The lowest BCUT2D eigenvalue weighted by atomic mass is 10.3. The summed E-state index contributed by atoms with van der Waals surface area (Å²) in [6.45, 7) is 1.91. The van der Waals surface area contributed by atoms with Gasteiger partial charge in [0.05, 0.1) is 13.1 Å². The number of nitrogens with zero attached hydrogens (tertiary/aromatic N) is 1. The van der Waals surface area contributed by atoms with E-state index in [0.717, 1.165) is 6.54 Å². The minimum Gasteiger partial charge on any atom is -0.358 e. The van der Waals surface area contributed by atoms with Crippen LogP contribution in [0.5, 0.6) is 0 Å². The fourth-order valence-corrected chi connectivity index (χ4v) is 1.07. The van der Waals surface area contributed by atoms with E-state index < -0.39 is 0 Å². The lowest BCUT2D eigenvalue weighted by Crippen LogP contribution is -2.51. The van der Waals surface area contributed by atoms with Crippen LogP contribution in [0.25, 0.3) is 0 Å². The first-order chi connectivity index (χ1) is 5.74. The molecule has 1 aliphatic rings.